The molecule has 0 aromatic carbocycles. The SMILES string of the molecule is Cc1csc(C2CCCCN2C(=O)c2ccc(=O)n(C)n2)n1. The summed E-state index contributed by atoms with van der Waals surface area (Å²) in [7, 11) is 1.55. The predicted octanol–water partition coefficient (Wildman–Crippen LogP) is 1.91. The van der Waals surface area contributed by atoms with Gasteiger partial charge >= 0.3 is 0 Å². The van der Waals surface area contributed by atoms with Crippen LogP contribution in [-0.4, -0.2) is 32.1 Å². The first-order valence-corrected chi connectivity index (χ1v) is 8.21. The monoisotopic (exact) mass is 318 g/mol. The molecule has 1 atom stereocenters. The normalized spacial score (nSPS) is 18.5. The fourth-order valence-corrected chi connectivity index (χ4v) is 3.66. The Morgan fingerprint density at radius 3 is 2.86 bits per heavy atom. The Morgan fingerprint density at radius 2 is 2.18 bits per heavy atom. The molecule has 1 amide bonds. The van der Waals surface area contributed by atoms with E-state index in [0.717, 1.165) is 30.0 Å². The van der Waals surface area contributed by atoms with Crippen LogP contribution in [0, 0.1) is 6.92 Å². The Kier molecular flexibility index (Phi) is 4.06. The van der Waals surface area contributed by atoms with E-state index in [2.05, 4.69) is 10.1 Å². The molecule has 3 rings (SSSR count). The minimum absolute atomic E-state index is 0.0129. The van der Waals surface area contributed by atoms with E-state index in [1.165, 1.54) is 16.8 Å². The third-order valence-electron chi connectivity index (χ3n) is 3.87. The number of nitrogens with zero attached hydrogens (tertiary/aromatic N) is 4. The van der Waals surface area contributed by atoms with Crippen LogP contribution in [0.15, 0.2) is 22.3 Å². The Bertz CT molecular complexity index is 752. The number of hydrogen-bond donors (Lipinski definition) is 0. The smallest absolute Gasteiger partial charge is 0.274 e. The van der Waals surface area contributed by atoms with Gasteiger partial charge in [0.05, 0.1) is 6.04 Å². The molecule has 2 aromatic rings. The van der Waals surface area contributed by atoms with Gasteiger partial charge in [0.2, 0.25) is 0 Å². The zero-order chi connectivity index (χ0) is 15.7. The Morgan fingerprint density at radius 1 is 1.36 bits per heavy atom. The lowest BCUT2D eigenvalue weighted by Crippen LogP contribution is -2.39. The van der Waals surface area contributed by atoms with Crippen molar-refractivity contribution in [2.24, 2.45) is 7.05 Å². The Hall–Kier alpha value is -2.02. The number of thiazole rings is 1. The molecule has 0 saturated carbocycles. The van der Waals surface area contributed by atoms with Crippen molar-refractivity contribution in [1.82, 2.24) is 19.7 Å². The molecular weight excluding hydrogens is 300 g/mol. The minimum atomic E-state index is -0.220. The fraction of sp³-hybridized carbons (Fsp3) is 0.467. The van der Waals surface area contributed by atoms with E-state index in [-0.39, 0.29) is 17.5 Å². The molecule has 1 saturated heterocycles. The number of amides is 1. The van der Waals surface area contributed by atoms with Gasteiger partial charge in [-0.15, -0.1) is 11.3 Å². The van der Waals surface area contributed by atoms with E-state index < -0.39 is 0 Å². The van der Waals surface area contributed by atoms with Crippen LogP contribution < -0.4 is 5.56 Å². The lowest BCUT2D eigenvalue weighted by molar-refractivity contribution is 0.0602. The zero-order valence-corrected chi connectivity index (χ0v) is 13.5. The first kappa shape index (κ1) is 14.9. The second-order valence-corrected chi connectivity index (χ2v) is 6.41. The molecule has 1 fully saturated rings. The molecule has 116 valence electrons. The van der Waals surface area contributed by atoms with Crippen molar-refractivity contribution < 1.29 is 4.79 Å². The number of aryl methyl sites for hydroxylation is 2. The maximum Gasteiger partial charge on any atom is 0.274 e. The number of carbonyl (C=O) groups excluding carboxylic acids is 1. The minimum Gasteiger partial charge on any atom is -0.328 e. The van der Waals surface area contributed by atoms with Crippen LogP contribution in [0.5, 0.6) is 0 Å². The zero-order valence-electron chi connectivity index (χ0n) is 12.7. The maximum atomic E-state index is 12.8. The van der Waals surface area contributed by atoms with E-state index in [9.17, 15) is 9.59 Å². The van der Waals surface area contributed by atoms with Crippen molar-refractivity contribution in [3.05, 3.63) is 44.3 Å². The lowest BCUT2D eigenvalue weighted by atomic mass is 10.0. The largest absolute Gasteiger partial charge is 0.328 e. The summed E-state index contributed by atoms with van der Waals surface area (Å²) in [6.45, 7) is 2.66. The molecule has 0 bridgehead atoms. The summed E-state index contributed by atoms with van der Waals surface area (Å²) in [5, 5.41) is 7.07. The standard InChI is InChI=1S/C15H18N4O2S/c1-10-9-22-14(16-10)12-5-3-4-8-19(12)15(21)11-6-7-13(20)18(2)17-11/h6-7,9,12H,3-5,8H2,1-2H3. The molecule has 0 spiro atoms. The summed E-state index contributed by atoms with van der Waals surface area (Å²) in [6.07, 6.45) is 3.00. The average molecular weight is 318 g/mol. The van der Waals surface area contributed by atoms with E-state index in [1.807, 2.05) is 17.2 Å². The lowest BCUT2D eigenvalue weighted by Gasteiger charge is -2.34. The molecule has 22 heavy (non-hydrogen) atoms. The highest BCUT2D eigenvalue weighted by Gasteiger charge is 2.31. The third-order valence-corrected chi connectivity index (χ3v) is 4.93. The highest BCUT2D eigenvalue weighted by Crippen LogP contribution is 2.33. The molecule has 1 aliphatic heterocycles. The van der Waals surface area contributed by atoms with Crippen LogP contribution >= 0.6 is 11.3 Å². The van der Waals surface area contributed by atoms with Gasteiger partial charge in [-0.2, -0.15) is 5.10 Å². The molecule has 0 aliphatic carbocycles. The van der Waals surface area contributed by atoms with Crippen molar-refractivity contribution in [2.45, 2.75) is 32.2 Å². The van der Waals surface area contributed by atoms with Crippen molar-refractivity contribution in [2.75, 3.05) is 6.54 Å². The van der Waals surface area contributed by atoms with E-state index in [0.29, 0.717) is 12.2 Å². The van der Waals surface area contributed by atoms with Crippen LogP contribution in [0.3, 0.4) is 0 Å². The summed E-state index contributed by atoms with van der Waals surface area (Å²) in [6, 6.07) is 2.90. The Balaban J connectivity index is 1.91. The van der Waals surface area contributed by atoms with Crippen molar-refractivity contribution in [3.8, 4) is 0 Å². The van der Waals surface area contributed by atoms with Gasteiger partial charge in [0, 0.05) is 30.7 Å². The number of hydrogen-bond acceptors (Lipinski definition) is 5. The van der Waals surface area contributed by atoms with Crippen LogP contribution in [-0.2, 0) is 7.05 Å². The second kappa shape index (κ2) is 6.00. The molecule has 0 N–H and O–H groups in total. The molecule has 0 radical (unpaired) electrons. The molecule has 1 aliphatic rings. The molecule has 3 heterocycles. The quantitative estimate of drug-likeness (QED) is 0.848. The summed E-state index contributed by atoms with van der Waals surface area (Å²) >= 11 is 1.60. The van der Waals surface area contributed by atoms with E-state index in [1.54, 1.807) is 18.4 Å². The molecular formula is C15H18N4O2S. The summed E-state index contributed by atoms with van der Waals surface area (Å²) < 4.78 is 1.19. The molecule has 6 nitrogen and oxygen atoms in total. The van der Waals surface area contributed by atoms with Crippen LogP contribution in [0.4, 0.5) is 0 Å². The van der Waals surface area contributed by atoms with Gasteiger partial charge in [0.25, 0.3) is 11.5 Å². The Labute approximate surface area is 132 Å². The summed E-state index contributed by atoms with van der Waals surface area (Å²) in [4.78, 5) is 30.6. The number of carbonyl (C=O) groups is 1. The van der Waals surface area contributed by atoms with Crippen molar-refractivity contribution in [3.63, 3.8) is 0 Å². The first-order chi connectivity index (χ1) is 10.6. The van der Waals surface area contributed by atoms with Crippen molar-refractivity contribution >= 4 is 17.2 Å². The maximum absolute atomic E-state index is 12.8. The third kappa shape index (κ3) is 2.81. The number of aromatic nitrogens is 3. The molecule has 7 heteroatoms. The summed E-state index contributed by atoms with van der Waals surface area (Å²) in [5.41, 5.74) is 1.07. The topological polar surface area (TPSA) is 68.1 Å². The average Bonchev–Trinajstić information content (AvgIpc) is 2.96. The first-order valence-electron chi connectivity index (χ1n) is 7.33. The van der Waals surface area contributed by atoms with Crippen LogP contribution in [0.2, 0.25) is 0 Å². The molecule has 2 aromatic heterocycles. The summed E-state index contributed by atoms with van der Waals surface area (Å²) in [5.74, 6) is -0.131. The predicted molar refractivity (Wildman–Crippen MR) is 84.0 cm³/mol. The van der Waals surface area contributed by atoms with E-state index in [4.69, 9.17) is 0 Å². The van der Waals surface area contributed by atoms with Gasteiger partial charge in [-0.05, 0) is 32.3 Å². The van der Waals surface area contributed by atoms with Gasteiger partial charge in [-0.1, -0.05) is 0 Å². The fourth-order valence-electron chi connectivity index (χ4n) is 2.72. The highest BCUT2D eigenvalue weighted by atomic mass is 32.1. The number of piperidine rings is 1. The van der Waals surface area contributed by atoms with Crippen LogP contribution in [0.1, 0.15) is 46.5 Å². The van der Waals surface area contributed by atoms with Gasteiger partial charge in [0.15, 0.2) is 0 Å². The number of likely N-dealkylation sites (tertiary alicyclic amines) is 1. The van der Waals surface area contributed by atoms with Crippen LogP contribution in [0.25, 0.3) is 0 Å². The molecule has 1 unspecified atom stereocenters. The van der Waals surface area contributed by atoms with Gasteiger partial charge in [-0.3, -0.25) is 9.59 Å². The van der Waals surface area contributed by atoms with Gasteiger partial charge in [0.1, 0.15) is 10.7 Å². The van der Waals surface area contributed by atoms with Gasteiger partial charge < -0.3 is 4.90 Å². The van der Waals surface area contributed by atoms with Gasteiger partial charge in [-0.25, -0.2) is 9.67 Å². The van der Waals surface area contributed by atoms with E-state index >= 15 is 0 Å². The second-order valence-electron chi connectivity index (χ2n) is 5.52. The number of rotatable bonds is 2. The highest BCUT2D eigenvalue weighted by molar-refractivity contribution is 7.09. The van der Waals surface area contributed by atoms with Crippen molar-refractivity contribution in [1.29, 1.82) is 0 Å².